The first kappa shape index (κ1) is 14.4. The van der Waals surface area contributed by atoms with Crippen LogP contribution >= 0.6 is 15.9 Å². The normalized spacial score (nSPS) is 25.1. The van der Waals surface area contributed by atoms with Crippen molar-refractivity contribution in [2.75, 3.05) is 11.9 Å². The van der Waals surface area contributed by atoms with E-state index in [0.29, 0.717) is 5.92 Å². The summed E-state index contributed by atoms with van der Waals surface area (Å²) in [4.78, 5) is 4.50. The Bertz CT molecular complexity index is 909. The monoisotopic (exact) mass is 380 g/mol. The first-order valence-electron chi connectivity index (χ1n) is 8.32. The van der Waals surface area contributed by atoms with Gasteiger partial charge < -0.3 is 10.1 Å². The molecule has 2 aliphatic rings. The van der Waals surface area contributed by atoms with Crippen molar-refractivity contribution in [3.8, 4) is 0 Å². The highest BCUT2D eigenvalue weighted by Crippen LogP contribution is 2.51. The zero-order valence-corrected chi connectivity index (χ0v) is 14.7. The van der Waals surface area contributed by atoms with E-state index in [-0.39, 0.29) is 12.1 Å². The van der Waals surface area contributed by atoms with Crippen molar-refractivity contribution in [2.24, 2.45) is 5.92 Å². The molecular formula is C20H17BrN2O. The summed E-state index contributed by atoms with van der Waals surface area (Å²) >= 11 is 3.53. The van der Waals surface area contributed by atoms with Crippen LogP contribution in [0.25, 0.3) is 10.9 Å². The molecule has 0 unspecified atom stereocenters. The van der Waals surface area contributed by atoms with Gasteiger partial charge in [-0.2, -0.15) is 0 Å². The molecule has 0 amide bonds. The number of aromatic nitrogens is 1. The van der Waals surface area contributed by atoms with Gasteiger partial charge in [0.1, 0.15) is 0 Å². The predicted molar refractivity (Wildman–Crippen MR) is 99.0 cm³/mol. The number of ether oxygens (including phenoxy) is 1. The van der Waals surface area contributed by atoms with Crippen molar-refractivity contribution in [1.82, 2.24) is 4.98 Å². The lowest BCUT2D eigenvalue weighted by Gasteiger charge is -2.37. The van der Waals surface area contributed by atoms with E-state index in [2.05, 4.69) is 68.7 Å². The highest BCUT2D eigenvalue weighted by Gasteiger charge is 2.42. The van der Waals surface area contributed by atoms with Gasteiger partial charge in [0.05, 0.1) is 17.7 Å². The molecule has 1 fully saturated rings. The molecule has 1 aromatic heterocycles. The van der Waals surface area contributed by atoms with Gasteiger partial charge in [-0.1, -0.05) is 34.1 Å². The van der Waals surface area contributed by atoms with Crippen LogP contribution in [-0.2, 0) is 4.74 Å². The minimum atomic E-state index is 0.141. The second kappa shape index (κ2) is 5.57. The molecule has 5 rings (SSSR count). The van der Waals surface area contributed by atoms with Crippen molar-refractivity contribution < 1.29 is 4.74 Å². The first-order valence-corrected chi connectivity index (χ1v) is 9.12. The molecule has 0 bridgehead atoms. The summed E-state index contributed by atoms with van der Waals surface area (Å²) in [5, 5.41) is 4.98. The van der Waals surface area contributed by atoms with E-state index in [0.717, 1.165) is 23.0 Å². The van der Waals surface area contributed by atoms with Gasteiger partial charge in [-0.3, -0.25) is 4.98 Å². The summed E-state index contributed by atoms with van der Waals surface area (Å²) in [5.74, 6) is 0.449. The number of halogens is 1. The first-order chi connectivity index (χ1) is 11.8. The third-order valence-electron chi connectivity index (χ3n) is 5.22. The molecule has 0 saturated carbocycles. The van der Waals surface area contributed by atoms with Gasteiger partial charge >= 0.3 is 0 Å². The lowest BCUT2D eigenvalue weighted by molar-refractivity contribution is 0.0841. The molecule has 3 nitrogen and oxygen atoms in total. The van der Waals surface area contributed by atoms with Crippen LogP contribution in [0.15, 0.2) is 59.2 Å². The Balaban J connectivity index is 1.66. The van der Waals surface area contributed by atoms with E-state index in [4.69, 9.17) is 4.74 Å². The van der Waals surface area contributed by atoms with E-state index in [9.17, 15) is 0 Å². The van der Waals surface area contributed by atoms with Crippen molar-refractivity contribution in [1.29, 1.82) is 0 Å². The van der Waals surface area contributed by atoms with Crippen LogP contribution in [0.4, 0.5) is 5.69 Å². The Hall–Kier alpha value is -1.91. The molecular weight excluding hydrogens is 364 g/mol. The molecule has 2 aliphatic heterocycles. The van der Waals surface area contributed by atoms with Crippen molar-refractivity contribution >= 4 is 32.5 Å². The summed E-state index contributed by atoms with van der Waals surface area (Å²) in [5.41, 5.74) is 4.80. The summed E-state index contributed by atoms with van der Waals surface area (Å²) in [6.45, 7) is 0.820. The van der Waals surface area contributed by atoms with E-state index < -0.39 is 0 Å². The fourth-order valence-electron chi connectivity index (χ4n) is 4.13. The second-order valence-electron chi connectivity index (χ2n) is 6.51. The summed E-state index contributed by atoms with van der Waals surface area (Å²) < 4.78 is 7.30. The number of anilines is 1. The minimum absolute atomic E-state index is 0.141. The maximum Gasteiger partial charge on any atom is 0.0903 e. The molecule has 0 aliphatic carbocycles. The molecule has 0 radical (unpaired) electrons. The minimum Gasteiger partial charge on any atom is -0.378 e. The van der Waals surface area contributed by atoms with Crippen LogP contribution in [0.2, 0.25) is 0 Å². The van der Waals surface area contributed by atoms with Crippen LogP contribution < -0.4 is 5.32 Å². The number of hydrogen-bond donors (Lipinski definition) is 1. The van der Waals surface area contributed by atoms with E-state index >= 15 is 0 Å². The second-order valence-corrected chi connectivity index (χ2v) is 7.43. The van der Waals surface area contributed by atoms with Gasteiger partial charge in [0, 0.05) is 39.8 Å². The Kier molecular flexibility index (Phi) is 3.35. The maximum atomic E-state index is 6.19. The Morgan fingerprint density at radius 1 is 1.08 bits per heavy atom. The molecule has 1 saturated heterocycles. The Morgan fingerprint density at radius 2 is 1.96 bits per heavy atom. The maximum absolute atomic E-state index is 6.19. The molecule has 3 aromatic rings. The van der Waals surface area contributed by atoms with Crippen LogP contribution in [0, 0.1) is 5.92 Å². The largest absolute Gasteiger partial charge is 0.378 e. The number of nitrogens with one attached hydrogen (secondary N) is 1. The smallest absolute Gasteiger partial charge is 0.0903 e. The molecule has 1 N–H and O–H groups in total. The van der Waals surface area contributed by atoms with Crippen LogP contribution in [0.1, 0.15) is 29.7 Å². The molecule has 120 valence electrons. The van der Waals surface area contributed by atoms with Gasteiger partial charge in [-0.05, 0) is 42.3 Å². The summed E-state index contributed by atoms with van der Waals surface area (Å²) in [6.07, 6.45) is 3.07. The third kappa shape index (κ3) is 2.17. The zero-order valence-electron chi connectivity index (χ0n) is 13.1. The number of benzene rings is 2. The zero-order chi connectivity index (χ0) is 16.1. The molecule has 0 spiro atoms. The highest BCUT2D eigenvalue weighted by atomic mass is 79.9. The van der Waals surface area contributed by atoms with Crippen molar-refractivity contribution in [3.63, 3.8) is 0 Å². The lowest BCUT2D eigenvalue weighted by atomic mass is 9.80. The molecule has 3 heterocycles. The number of nitrogens with zero attached hydrogens (tertiary/aromatic N) is 1. The van der Waals surface area contributed by atoms with Crippen molar-refractivity contribution in [2.45, 2.75) is 18.6 Å². The average molecular weight is 381 g/mol. The fraction of sp³-hybridized carbons (Fsp3) is 0.250. The van der Waals surface area contributed by atoms with Gasteiger partial charge in [0.2, 0.25) is 0 Å². The summed E-state index contributed by atoms with van der Waals surface area (Å²) in [7, 11) is 0. The van der Waals surface area contributed by atoms with Crippen LogP contribution in [0.5, 0.6) is 0 Å². The third-order valence-corrected chi connectivity index (χ3v) is 5.75. The van der Waals surface area contributed by atoms with Gasteiger partial charge in [-0.25, -0.2) is 0 Å². The van der Waals surface area contributed by atoms with Gasteiger partial charge in [0.25, 0.3) is 0 Å². The molecule has 3 atom stereocenters. The quantitative estimate of drug-likeness (QED) is 0.626. The number of hydrogen-bond acceptors (Lipinski definition) is 3. The number of rotatable bonds is 1. The highest BCUT2D eigenvalue weighted by molar-refractivity contribution is 9.10. The topological polar surface area (TPSA) is 34.2 Å². The number of pyridine rings is 1. The van der Waals surface area contributed by atoms with E-state index in [1.165, 1.54) is 22.2 Å². The SMILES string of the molecule is Brc1ccc([C@H]2Nc3ccc4ncccc4c3[C@@H]3OCC[C@H]23)cc1. The molecule has 2 aromatic carbocycles. The fourth-order valence-corrected chi connectivity index (χ4v) is 4.39. The van der Waals surface area contributed by atoms with Crippen LogP contribution in [0.3, 0.4) is 0 Å². The van der Waals surface area contributed by atoms with Gasteiger partial charge in [-0.15, -0.1) is 0 Å². The predicted octanol–water partition coefficient (Wildman–Crippen LogP) is 5.24. The Morgan fingerprint density at radius 3 is 2.83 bits per heavy atom. The lowest BCUT2D eigenvalue weighted by Crippen LogP contribution is -2.29. The summed E-state index contributed by atoms with van der Waals surface area (Å²) in [6, 6.07) is 17.3. The Labute approximate surface area is 149 Å². The van der Waals surface area contributed by atoms with Crippen LogP contribution in [-0.4, -0.2) is 11.6 Å². The van der Waals surface area contributed by atoms with E-state index in [1.807, 2.05) is 12.3 Å². The number of fused-ring (bicyclic) bond motifs is 5. The molecule has 4 heteroatoms. The average Bonchev–Trinajstić information content (AvgIpc) is 3.11. The van der Waals surface area contributed by atoms with E-state index in [1.54, 1.807) is 0 Å². The van der Waals surface area contributed by atoms with Gasteiger partial charge in [0.15, 0.2) is 0 Å². The van der Waals surface area contributed by atoms with Crippen molar-refractivity contribution in [3.05, 3.63) is 70.3 Å². The standard InChI is InChI=1S/C20H17BrN2O/c21-13-5-3-12(4-6-13)19-15-9-11-24-20(15)18-14-2-1-10-22-16(14)7-8-17(18)23-19/h1-8,10,15,19-20,23H,9,11H2/t15-,19-,20-/m1/s1. The molecule has 24 heavy (non-hydrogen) atoms.